The molecule has 76 valence electrons. The molecule has 6 heteroatoms. The second kappa shape index (κ2) is 3.91. The zero-order chi connectivity index (χ0) is 10.7. The van der Waals surface area contributed by atoms with Crippen molar-refractivity contribution in [2.24, 2.45) is 7.05 Å². The quantitative estimate of drug-likeness (QED) is 0.446. The summed E-state index contributed by atoms with van der Waals surface area (Å²) < 4.78 is 1.46. The molecule has 0 saturated heterocycles. The molecule has 14 heavy (non-hydrogen) atoms. The second-order valence-corrected chi connectivity index (χ2v) is 2.83. The van der Waals surface area contributed by atoms with E-state index < -0.39 is 4.92 Å². The third-order valence-electron chi connectivity index (χ3n) is 1.79. The molecule has 0 atom stereocenters. The maximum atomic E-state index is 10.7. The number of rotatable bonds is 4. The van der Waals surface area contributed by atoms with Crippen LogP contribution in [0.15, 0.2) is 12.7 Å². The van der Waals surface area contributed by atoms with Crippen molar-refractivity contribution in [2.75, 3.05) is 11.9 Å². The average molecular weight is 196 g/mol. The van der Waals surface area contributed by atoms with Gasteiger partial charge in [0.05, 0.1) is 4.92 Å². The van der Waals surface area contributed by atoms with Gasteiger partial charge in [0.15, 0.2) is 0 Å². The average Bonchev–Trinajstić information content (AvgIpc) is 2.37. The summed E-state index contributed by atoms with van der Waals surface area (Å²) in [6, 6.07) is 0. The van der Waals surface area contributed by atoms with Crippen LogP contribution in [0.5, 0.6) is 0 Å². The Morgan fingerprint density at radius 2 is 2.43 bits per heavy atom. The monoisotopic (exact) mass is 196 g/mol. The second-order valence-electron chi connectivity index (χ2n) is 2.83. The Balaban J connectivity index is 3.11. The molecule has 0 aliphatic heterocycles. The van der Waals surface area contributed by atoms with Gasteiger partial charge in [0.25, 0.3) is 0 Å². The molecule has 1 rings (SSSR count). The molecule has 0 aromatic carbocycles. The van der Waals surface area contributed by atoms with Crippen molar-refractivity contribution in [2.45, 2.75) is 6.92 Å². The molecule has 0 radical (unpaired) electrons. The van der Waals surface area contributed by atoms with E-state index in [-0.39, 0.29) is 5.69 Å². The van der Waals surface area contributed by atoms with Crippen molar-refractivity contribution >= 4 is 11.5 Å². The lowest BCUT2D eigenvalue weighted by atomic mass is 10.4. The summed E-state index contributed by atoms with van der Waals surface area (Å²) in [7, 11) is 1.66. The summed E-state index contributed by atoms with van der Waals surface area (Å²) in [6.45, 7) is 5.61. The van der Waals surface area contributed by atoms with Crippen molar-refractivity contribution in [1.29, 1.82) is 0 Å². The molecule has 1 N–H and O–H groups in total. The van der Waals surface area contributed by atoms with Crippen molar-refractivity contribution in [3.63, 3.8) is 0 Å². The van der Waals surface area contributed by atoms with Crippen LogP contribution < -0.4 is 5.32 Å². The van der Waals surface area contributed by atoms with Crippen LogP contribution in [0.1, 0.15) is 5.69 Å². The third kappa shape index (κ3) is 1.73. The molecule has 0 unspecified atom stereocenters. The van der Waals surface area contributed by atoms with Crippen LogP contribution in [0.3, 0.4) is 0 Å². The van der Waals surface area contributed by atoms with E-state index in [2.05, 4.69) is 17.0 Å². The van der Waals surface area contributed by atoms with Crippen molar-refractivity contribution in [1.82, 2.24) is 9.78 Å². The Kier molecular flexibility index (Phi) is 2.85. The molecule has 1 aromatic heterocycles. The lowest BCUT2D eigenvalue weighted by Gasteiger charge is -2.01. The lowest BCUT2D eigenvalue weighted by molar-refractivity contribution is -0.384. The third-order valence-corrected chi connectivity index (χ3v) is 1.79. The topological polar surface area (TPSA) is 73.0 Å². The molecule has 0 fully saturated rings. The van der Waals surface area contributed by atoms with E-state index in [1.165, 1.54) is 4.68 Å². The minimum Gasteiger partial charge on any atom is -0.361 e. The normalized spacial score (nSPS) is 9.86. The van der Waals surface area contributed by atoms with Gasteiger partial charge in [0.1, 0.15) is 5.69 Å². The first kappa shape index (κ1) is 10.2. The summed E-state index contributed by atoms with van der Waals surface area (Å²) in [4.78, 5) is 10.3. The zero-order valence-corrected chi connectivity index (χ0v) is 8.15. The Morgan fingerprint density at radius 3 is 2.93 bits per heavy atom. The van der Waals surface area contributed by atoms with Crippen LogP contribution in [0.2, 0.25) is 0 Å². The van der Waals surface area contributed by atoms with Crippen LogP contribution in [0, 0.1) is 17.0 Å². The highest BCUT2D eigenvalue weighted by Gasteiger charge is 2.22. The minimum absolute atomic E-state index is 0.0225. The highest BCUT2D eigenvalue weighted by molar-refractivity contribution is 5.59. The highest BCUT2D eigenvalue weighted by atomic mass is 16.6. The Morgan fingerprint density at radius 1 is 1.79 bits per heavy atom. The Labute approximate surface area is 81.4 Å². The van der Waals surface area contributed by atoms with Gasteiger partial charge in [-0.2, -0.15) is 5.10 Å². The van der Waals surface area contributed by atoms with Crippen LogP contribution in [-0.4, -0.2) is 21.2 Å². The number of nitro groups is 1. The van der Waals surface area contributed by atoms with Gasteiger partial charge in [-0.25, -0.2) is 4.68 Å². The van der Waals surface area contributed by atoms with Gasteiger partial charge < -0.3 is 5.32 Å². The van der Waals surface area contributed by atoms with Gasteiger partial charge in [-0.15, -0.1) is 6.58 Å². The molecule has 1 aromatic rings. The van der Waals surface area contributed by atoms with Crippen LogP contribution >= 0.6 is 0 Å². The van der Waals surface area contributed by atoms with E-state index in [0.717, 1.165) is 0 Å². The smallest absolute Gasteiger partial charge is 0.333 e. The number of hydrogen-bond acceptors (Lipinski definition) is 4. The summed E-state index contributed by atoms with van der Waals surface area (Å²) in [5.41, 5.74) is 0.429. The highest BCUT2D eigenvalue weighted by Crippen LogP contribution is 2.26. The van der Waals surface area contributed by atoms with Crippen LogP contribution in [0.25, 0.3) is 0 Å². The van der Waals surface area contributed by atoms with Crippen LogP contribution in [-0.2, 0) is 7.05 Å². The fourth-order valence-corrected chi connectivity index (χ4v) is 1.23. The van der Waals surface area contributed by atoms with E-state index in [4.69, 9.17) is 0 Å². The molecule has 0 amide bonds. The van der Waals surface area contributed by atoms with Crippen molar-refractivity contribution < 1.29 is 4.92 Å². The van der Waals surface area contributed by atoms with Gasteiger partial charge in [-0.1, -0.05) is 6.08 Å². The fourth-order valence-electron chi connectivity index (χ4n) is 1.23. The SMILES string of the molecule is C=CCNc1c([N+](=O)[O-])c(C)nn1C. The van der Waals surface area contributed by atoms with Crippen molar-refractivity contribution in [3.8, 4) is 0 Å². The van der Waals surface area contributed by atoms with Crippen molar-refractivity contribution in [3.05, 3.63) is 28.5 Å². The number of aromatic nitrogens is 2. The van der Waals surface area contributed by atoms with E-state index >= 15 is 0 Å². The number of anilines is 1. The molecule has 0 saturated carbocycles. The van der Waals surface area contributed by atoms with Gasteiger partial charge in [-0.05, 0) is 6.92 Å². The number of aryl methyl sites for hydroxylation is 2. The predicted molar refractivity (Wildman–Crippen MR) is 53.3 cm³/mol. The summed E-state index contributed by atoms with van der Waals surface area (Å²) in [5.74, 6) is 0.410. The number of nitrogens with one attached hydrogen (secondary N) is 1. The van der Waals surface area contributed by atoms with Gasteiger partial charge >= 0.3 is 5.69 Å². The molecule has 6 nitrogen and oxygen atoms in total. The molecule has 1 heterocycles. The molecule has 0 aliphatic carbocycles. The molecule has 0 bridgehead atoms. The summed E-state index contributed by atoms with van der Waals surface area (Å²) in [6.07, 6.45) is 1.63. The van der Waals surface area contributed by atoms with Gasteiger partial charge in [0.2, 0.25) is 5.82 Å². The standard InChI is InChI=1S/C8H12N4O2/c1-4-5-9-8-7(12(13)14)6(2)10-11(8)3/h4,9H,1,5H2,2-3H3. The van der Waals surface area contributed by atoms with Crippen LogP contribution in [0.4, 0.5) is 11.5 Å². The summed E-state index contributed by atoms with van der Waals surface area (Å²) >= 11 is 0. The largest absolute Gasteiger partial charge is 0.361 e. The first-order chi connectivity index (χ1) is 6.57. The molecular weight excluding hydrogens is 184 g/mol. The first-order valence-corrected chi connectivity index (χ1v) is 4.10. The fraction of sp³-hybridized carbons (Fsp3) is 0.375. The van der Waals surface area contributed by atoms with E-state index in [9.17, 15) is 10.1 Å². The predicted octanol–water partition coefficient (Wildman–Crippen LogP) is 1.23. The van der Waals surface area contributed by atoms with E-state index in [1.54, 1.807) is 20.0 Å². The first-order valence-electron chi connectivity index (χ1n) is 4.10. The lowest BCUT2D eigenvalue weighted by Crippen LogP contribution is -2.05. The Bertz CT molecular complexity index is 370. The zero-order valence-electron chi connectivity index (χ0n) is 8.15. The van der Waals surface area contributed by atoms with E-state index in [1.807, 2.05) is 0 Å². The molecule has 0 aliphatic rings. The maximum absolute atomic E-state index is 10.7. The number of hydrogen-bond donors (Lipinski definition) is 1. The number of nitrogens with zero attached hydrogens (tertiary/aromatic N) is 3. The minimum atomic E-state index is -0.437. The van der Waals surface area contributed by atoms with Gasteiger partial charge in [0, 0.05) is 13.6 Å². The van der Waals surface area contributed by atoms with Gasteiger partial charge in [-0.3, -0.25) is 10.1 Å². The Hall–Kier alpha value is -1.85. The summed E-state index contributed by atoms with van der Waals surface area (Å²) in [5, 5.41) is 17.5. The molecular formula is C8H12N4O2. The molecule has 0 spiro atoms. The van der Waals surface area contributed by atoms with E-state index in [0.29, 0.717) is 18.1 Å². The maximum Gasteiger partial charge on any atom is 0.333 e.